The number of anilines is 1. The fraction of sp³-hybridized carbons (Fsp3) is 0.250. The smallest absolute Gasteiger partial charge is 0.372 e. The minimum absolute atomic E-state index is 0.0744. The number of alkyl halides is 5. The molecular formula is C16H13F5N4. The van der Waals surface area contributed by atoms with E-state index in [2.05, 4.69) is 15.4 Å². The van der Waals surface area contributed by atoms with Gasteiger partial charge in [-0.3, -0.25) is 0 Å². The molecule has 0 amide bonds. The largest absolute Gasteiger partial charge is 0.417 e. The molecule has 3 rings (SSSR count). The first-order chi connectivity index (χ1) is 11.7. The fourth-order valence-electron chi connectivity index (χ4n) is 2.62. The number of hydrogen-bond donors (Lipinski definition) is 1. The number of rotatable bonds is 3. The third-order valence-corrected chi connectivity index (χ3v) is 3.70. The molecule has 0 atom stereocenters. The average molecular weight is 356 g/mol. The summed E-state index contributed by atoms with van der Waals surface area (Å²) in [6.07, 6.45) is -7.21. The van der Waals surface area contributed by atoms with Crippen LogP contribution < -0.4 is 5.32 Å². The molecule has 0 fully saturated rings. The van der Waals surface area contributed by atoms with Gasteiger partial charge in [-0.25, -0.2) is 18.4 Å². The van der Waals surface area contributed by atoms with E-state index in [1.165, 1.54) is 42.9 Å². The highest BCUT2D eigenvalue weighted by molar-refractivity contribution is 5.92. The summed E-state index contributed by atoms with van der Waals surface area (Å²) in [5, 5.41) is 6.65. The molecule has 1 aromatic carbocycles. The van der Waals surface area contributed by atoms with Crippen molar-refractivity contribution in [3.05, 3.63) is 47.2 Å². The zero-order valence-corrected chi connectivity index (χ0v) is 13.2. The maximum atomic E-state index is 13.4. The van der Waals surface area contributed by atoms with Crippen LogP contribution in [0.1, 0.15) is 23.2 Å². The van der Waals surface area contributed by atoms with Gasteiger partial charge in [0.15, 0.2) is 5.65 Å². The van der Waals surface area contributed by atoms with Gasteiger partial charge in [0.2, 0.25) is 0 Å². The van der Waals surface area contributed by atoms with E-state index in [0.717, 1.165) is 6.07 Å². The Kier molecular flexibility index (Phi) is 4.09. The van der Waals surface area contributed by atoms with Crippen molar-refractivity contribution in [1.29, 1.82) is 0 Å². The summed E-state index contributed by atoms with van der Waals surface area (Å²) in [6.45, 7) is 1.45. The van der Waals surface area contributed by atoms with Crippen LogP contribution >= 0.6 is 0 Å². The number of nitrogens with one attached hydrogen (secondary N) is 1. The van der Waals surface area contributed by atoms with Gasteiger partial charge in [0.05, 0.1) is 16.6 Å². The van der Waals surface area contributed by atoms with Gasteiger partial charge in [0.25, 0.3) is 6.43 Å². The number of fused-ring (bicyclic) bond motifs is 1. The second kappa shape index (κ2) is 5.98. The van der Waals surface area contributed by atoms with Gasteiger partial charge < -0.3 is 5.32 Å². The summed E-state index contributed by atoms with van der Waals surface area (Å²) in [6, 6.07) is 6.10. The van der Waals surface area contributed by atoms with Crippen LogP contribution in [0.5, 0.6) is 0 Å². The van der Waals surface area contributed by atoms with Crippen molar-refractivity contribution in [2.45, 2.75) is 19.5 Å². The number of halogens is 5. The number of nitrogens with zero attached hydrogens (tertiary/aromatic N) is 3. The lowest BCUT2D eigenvalue weighted by atomic mass is 10.1. The maximum Gasteiger partial charge on any atom is 0.417 e. The van der Waals surface area contributed by atoms with Gasteiger partial charge in [0, 0.05) is 18.3 Å². The Morgan fingerprint density at radius 3 is 2.28 bits per heavy atom. The van der Waals surface area contributed by atoms with E-state index >= 15 is 0 Å². The third kappa shape index (κ3) is 3.01. The van der Waals surface area contributed by atoms with E-state index in [4.69, 9.17) is 0 Å². The van der Waals surface area contributed by atoms with Crippen molar-refractivity contribution >= 4 is 16.9 Å². The van der Waals surface area contributed by atoms with Crippen molar-refractivity contribution < 1.29 is 22.0 Å². The van der Waals surface area contributed by atoms with E-state index in [1.807, 2.05) is 0 Å². The van der Waals surface area contributed by atoms with E-state index in [1.54, 1.807) is 0 Å². The molecule has 25 heavy (non-hydrogen) atoms. The zero-order valence-electron chi connectivity index (χ0n) is 13.2. The SMILES string of the molecule is CNc1c2c(C(F)(F)F)cc(C)nc2nn1-c1ccc(C(F)F)cc1. The average Bonchev–Trinajstić information content (AvgIpc) is 2.91. The zero-order chi connectivity index (χ0) is 18.4. The number of hydrogen-bond acceptors (Lipinski definition) is 3. The highest BCUT2D eigenvalue weighted by Gasteiger charge is 2.35. The van der Waals surface area contributed by atoms with Gasteiger partial charge in [-0.05, 0) is 25.1 Å². The van der Waals surface area contributed by atoms with Gasteiger partial charge in [-0.1, -0.05) is 12.1 Å². The monoisotopic (exact) mass is 356 g/mol. The molecule has 0 aliphatic heterocycles. The topological polar surface area (TPSA) is 42.7 Å². The van der Waals surface area contributed by atoms with Crippen LogP contribution in [0.25, 0.3) is 16.7 Å². The van der Waals surface area contributed by atoms with Gasteiger partial charge >= 0.3 is 6.18 Å². The number of aromatic nitrogens is 3. The lowest BCUT2D eigenvalue weighted by molar-refractivity contribution is -0.136. The third-order valence-electron chi connectivity index (χ3n) is 3.70. The van der Waals surface area contributed by atoms with Crippen molar-refractivity contribution in [1.82, 2.24) is 14.8 Å². The Balaban J connectivity index is 2.26. The molecule has 0 saturated heterocycles. The van der Waals surface area contributed by atoms with E-state index in [9.17, 15) is 22.0 Å². The van der Waals surface area contributed by atoms with E-state index in [0.29, 0.717) is 5.69 Å². The molecule has 0 aliphatic carbocycles. The second-order valence-electron chi connectivity index (χ2n) is 5.41. The molecule has 0 saturated carbocycles. The summed E-state index contributed by atoms with van der Waals surface area (Å²) in [4.78, 5) is 4.06. The van der Waals surface area contributed by atoms with Crippen molar-refractivity contribution in [2.24, 2.45) is 0 Å². The molecule has 0 spiro atoms. The Labute approximate surface area is 139 Å². The van der Waals surface area contributed by atoms with Gasteiger partial charge in [-0.15, -0.1) is 5.10 Å². The van der Waals surface area contributed by atoms with Crippen LogP contribution in [0.4, 0.5) is 27.8 Å². The standard InChI is InChI=1S/C16H13F5N4/c1-8-7-11(16(19,20)21)12-14(23-8)24-25(15(12)22-2)10-5-3-9(4-6-10)13(17)18/h3-7,13,22H,1-2H3. The molecular weight excluding hydrogens is 343 g/mol. The Morgan fingerprint density at radius 1 is 1.12 bits per heavy atom. The fourth-order valence-corrected chi connectivity index (χ4v) is 2.62. The Morgan fingerprint density at radius 2 is 1.76 bits per heavy atom. The van der Waals surface area contributed by atoms with Crippen molar-refractivity contribution in [3.63, 3.8) is 0 Å². The van der Waals surface area contributed by atoms with Crippen LogP contribution in [0, 0.1) is 6.92 Å². The predicted octanol–water partition coefficient (Wildman–Crippen LogP) is 4.73. The number of benzene rings is 1. The molecule has 9 heteroatoms. The van der Waals surface area contributed by atoms with E-state index in [-0.39, 0.29) is 28.1 Å². The molecule has 2 aromatic heterocycles. The molecule has 3 aromatic rings. The molecule has 1 N–H and O–H groups in total. The van der Waals surface area contributed by atoms with Crippen molar-refractivity contribution in [2.75, 3.05) is 12.4 Å². The quantitative estimate of drug-likeness (QED) is 0.690. The first-order valence-electron chi connectivity index (χ1n) is 7.26. The first-order valence-corrected chi connectivity index (χ1v) is 7.26. The van der Waals surface area contributed by atoms with Crippen LogP contribution in [-0.4, -0.2) is 21.8 Å². The summed E-state index contributed by atoms with van der Waals surface area (Å²) >= 11 is 0. The molecule has 132 valence electrons. The molecule has 2 heterocycles. The molecule has 0 bridgehead atoms. The van der Waals surface area contributed by atoms with Crippen LogP contribution in [0.3, 0.4) is 0 Å². The van der Waals surface area contributed by atoms with Crippen molar-refractivity contribution in [3.8, 4) is 5.69 Å². The Bertz CT molecular complexity index is 913. The summed E-state index contributed by atoms with van der Waals surface area (Å²) in [5.74, 6) is 0.0830. The normalized spacial score (nSPS) is 12.2. The Hall–Kier alpha value is -2.71. The predicted molar refractivity (Wildman–Crippen MR) is 83.1 cm³/mol. The van der Waals surface area contributed by atoms with Crippen LogP contribution in [-0.2, 0) is 6.18 Å². The summed E-state index contributed by atoms with van der Waals surface area (Å²) < 4.78 is 66.7. The first kappa shape index (κ1) is 17.1. The second-order valence-corrected chi connectivity index (χ2v) is 5.41. The lowest BCUT2D eigenvalue weighted by Crippen LogP contribution is -2.08. The number of aryl methyl sites for hydroxylation is 1. The summed E-state index contributed by atoms with van der Waals surface area (Å²) in [7, 11) is 1.46. The molecule has 0 unspecified atom stereocenters. The minimum Gasteiger partial charge on any atom is -0.372 e. The molecule has 4 nitrogen and oxygen atoms in total. The maximum absolute atomic E-state index is 13.4. The van der Waals surface area contributed by atoms with E-state index < -0.39 is 18.2 Å². The number of pyridine rings is 1. The minimum atomic E-state index is -4.58. The van der Waals surface area contributed by atoms with Crippen LogP contribution in [0.15, 0.2) is 30.3 Å². The molecule has 0 radical (unpaired) electrons. The van der Waals surface area contributed by atoms with Gasteiger partial charge in [0.1, 0.15) is 5.82 Å². The highest BCUT2D eigenvalue weighted by Crippen LogP contribution is 2.38. The molecule has 0 aliphatic rings. The lowest BCUT2D eigenvalue weighted by Gasteiger charge is -2.11. The van der Waals surface area contributed by atoms with Gasteiger partial charge in [-0.2, -0.15) is 13.2 Å². The van der Waals surface area contributed by atoms with Crippen LogP contribution in [0.2, 0.25) is 0 Å². The summed E-state index contributed by atoms with van der Waals surface area (Å²) in [5.41, 5.74) is -0.585. The highest BCUT2D eigenvalue weighted by atomic mass is 19.4.